The smallest absolute Gasteiger partial charge is 0.292 e. The molecule has 0 aliphatic heterocycles. The largest absolute Gasteiger partial charge is 0.484 e. The van der Waals surface area contributed by atoms with Crippen LogP contribution in [0.5, 0.6) is 5.75 Å². The number of carbonyl (C=O) groups is 1. The molecule has 33 heavy (non-hydrogen) atoms. The highest BCUT2D eigenvalue weighted by Gasteiger charge is 2.15. The Kier molecular flexibility index (Phi) is 6.62. The summed E-state index contributed by atoms with van der Waals surface area (Å²) in [5, 5.41) is 18.8. The third kappa shape index (κ3) is 5.71. The number of nitro benzene ring substituents is 1. The summed E-state index contributed by atoms with van der Waals surface area (Å²) in [4.78, 5) is 22.8. The minimum atomic E-state index is -0.546. The zero-order valence-corrected chi connectivity index (χ0v) is 18.4. The lowest BCUT2D eigenvalue weighted by atomic mass is 10.2. The SMILES string of the molecule is O=C(Nc1ccn(Cc2ccc(Cl)cc2)n1)c1ccc(COc2cc([N+](=O)[O-])ccc2Cl)o1. The highest BCUT2D eigenvalue weighted by atomic mass is 35.5. The molecule has 2 aromatic heterocycles. The fourth-order valence-corrected chi connectivity index (χ4v) is 3.21. The molecule has 0 aliphatic carbocycles. The van der Waals surface area contributed by atoms with E-state index in [2.05, 4.69) is 10.4 Å². The van der Waals surface area contributed by atoms with E-state index in [1.54, 1.807) is 35.1 Å². The summed E-state index contributed by atoms with van der Waals surface area (Å²) < 4.78 is 12.7. The van der Waals surface area contributed by atoms with Gasteiger partial charge in [-0.05, 0) is 35.9 Å². The third-order valence-corrected chi connectivity index (χ3v) is 5.09. The predicted octanol–water partition coefficient (Wildman–Crippen LogP) is 5.57. The zero-order valence-electron chi connectivity index (χ0n) is 16.9. The molecule has 4 aromatic rings. The molecular formula is C22H16Cl2N4O5. The van der Waals surface area contributed by atoms with Crippen LogP contribution in [0.2, 0.25) is 10.0 Å². The molecule has 0 unspecified atom stereocenters. The van der Waals surface area contributed by atoms with Gasteiger partial charge in [-0.3, -0.25) is 19.6 Å². The second-order valence-electron chi connectivity index (χ2n) is 6.91. The van der Waals surface area contributed by atoms with Crippen LogP contribution in [0.25, 0.3) is 0 Å². The van der Waals surface area contributed by atoms with Crippen molar-refractivity contribution in [2.45, 2.75) is 13.2 Å². The van der Waals surface area contributed by atoms with Gasteiger partial charge < -0.3 is 14.5 Å². The van der Waals surface area contributed by atoms with Gasteiger partial charge in [-0.2, -0.15) is 5.10 Å². The summed E-state index contributed by atoms with van der Waals surface area (Å²) in [6.07, 6.45) is 1.74. The van der Waals surface area contributed by atoms with E-state index in [1.165, 1.54) is 24.3 Å². The van der Waals surface area contributed by atoms with Crippen LogP contribution >= 0.6 is 23.2 Å². The lowest BCUT2D eigenvalue weighted by Crippen LogP contribution is -2.12. The Morgan fingerprint density at radius 2 is 1.91 bits per heavy atom. The number of aromatic nitrogens is 2. The van der Waals surface area contributed by atoms with Gasteiger partial charge in [0.25, 0.3) is 11.6 Å². The highest BCUT2D eigenvalue weighted by Crippen LogP contribution is 2.29. The van der Waals surface area contributed by atoms with Gasteiger partial charge in [-0.15, -0.1) is 0 Å². The number of hydrogen-bond acceptors (Lipinski definition) is 6. The number of ether oxygens (including phenoxy) is 1. The van der Waals surface area contributed by atoms with Crippen LogP contribution in [-0.4, -0.2) is 20.6 Å². The first-order valence-corrected chi connectivity index (χ1v) is 10.4. The molecule has 2 aromatic carbocycles. The topological polar surface area (TPSA) is 112 Å². The molecule has 2 heterocycles. The molecule has 11 heteroatoms. The number of amides is 1. The normalized spacial score (nSPS) is 10.7. The lowest BCUT2D eigenvalue weighted by Gasteiger charge is -2.06. The molecule has 0 aliphatic rings. The van der Waals surface area contributed by atoms with Crippen LogP contribution in [0.15, 0.2) is 71.3 Å². The number of nitrogens with zero attached hydrogens (tertiary/aromatic N) is 3. The molecular weight excluding hydrogens is 471 g/mol. The van der Waals surface area contributed by atoms with Crippen molar-refractivity contribution in [3.8, 4) is 5.75 Å². The molecule has 0 fully saturated rings. The highest BCUT2D eigenvalue weighted by molar-refractivity contribution is 6.32. The van der Waals surface area contributed by atoms with E-state index in [9.17, 15) is 14.9 Å². The van der Waals surface area contributed by atoms with Crippen LogP contribution in [0, 0.1) is 10.1 Å². The summed E-state index contributed by atoms with van der Waals surface area (Å²) in [6.45, 7) is 0.458. The van der Waals surface area contributed by atoms with Crippen LogP contribution in [0.3, 0.4) is 0 Å². The third-order valence-electron chi connectivity index (χ3n) is 4.52. The van der Waals surface area contributed by atoms with Gasteiger partial charge in [0.1, 0.15) is 18.1 Å². The first-order valence-electron chi connectivity index (χ1n) is 9.62. The average molecular weight is 487 g/mol. The minimum absolute atomic E-state index is 0.0611. The number of benzene rings is 2. The fourth-order valence-electron chi connectivity index (χ4n) is 2.91. The molecule has 0 saturated heterocycles. The standard InChI is InChI=1S/C22H16Cl2N4O5/c23-15-3-1-14(2-4-15)12-27-10-9-21(26-27)25-22(29)19-8-6-17(33-19)13-32-20-11-16(28(30)31)5-7-18(20)24/h1-11H,12-13H2,(H,25,26,29). The van der Waals surface area contributed by atoms with Crippen LogP contribution in [0.4, 0.5) is 11.5 Å². The van der Waals surface area contributed by atoms with Crippen molar-refractivity contribution in [1.29, 1.82) is 0 Å². The second kappa shape index (κ2) is 9.76. The average Bonchev–Trinajstić information content (AvgIpc) is 3.44. The van der Waals surface area contributed by atoms with E-state index < -0.39 is 10.8 Å². The number of nitrogens with one attached hydrogen (secondary N) is 1. The van der Waals surface area contributed by atoms with E-state index in [0.717, 1.165) is 5.56 Å². The number of hydrogen-bond donors (Lipinski definition) is 1. The lowest BCUT2D eigenvalue weighted by molar-refractivity contribution is -0.384. The Morgan fingerprint density at radius 1 is 1.12 bits per heavy atom. The Morgan fingerprint density at radius 3 is 2.67 bits per heavy atom. The maximum absolute atomic E-state index is 12.5. The molecule has 0 radical (unpaired) electrons. The van der Waals surface area contributed by atoms with Crippen LogP contribution in [0.1, 0.15) is 21.9 Å². The van der Waals surface area contributed by atoms with Gasteiger partial charge in [-0.25, -0.2) is 0 Å². The number of halogens is 2. The van der Waals surface area contributed by atoms with Crippen LogP contribution < -0.4 is 10.1 Å². The van der Waals surface area contributed by atoms with E-state index in [-0.39, 0.29) is 28.8 Å². The monoisotopic (exact) mass is 486 g/mol. The van der Waals surface area contributed by atoms with Crippen molar-refractivity contribution in [1.82, 2.24) is 9.78 Å². The maximum atomic E-state index is 12.5. The van der Waals surface area contributed by atoms with Crippen molar-refractivity contribution in [2.24, 2.45) is 0 Å². The first-order chi connectivity index (χ1) is 15.9. The molecule has 0 atom stereocenters. The van der Waals surface area contributed by atoms with Crippen molar-refractivity contribution in [3.63, 3.8) is 0 Å². The van der Waals surface area contributed by atoms with Gasteiger partial charge >= 0.3 is 0 Å². The van der Waals surface area contributed by atoms with Crippen molar-refractivity contribution in [2.75, 3.05) is 5.32 Å². The minimum Gasteiger partial charge on any atom is -0.484 e. The van der Waals surface area contributed by atoms with Crippen molar-refractivity contribution in [3.05, 3.63) is 104 Å². The molecule has 4 rings (SSSR count). The Labute approximate surface area is 197 Å². The van der Waals surface area contributed by atoms with Gasteiger partial charge in [-0.1, -0.05) is 35.3 Å². The van der Waals surface area contributed by atoms with Gasteiger partial charge in [0, 0.05) is 23.4 Å². The molecule has 0 spiro atoms. The summed E-state index contributed by atoms with van der Waals surface area (Å²) in [6, 6.07) is 16.0. The van der Waals surface area contributed by atoms with Crippen molar-refractivity contribution >= 4 is 40.6 Å². The molecule has 1 amide bonds. The molecule has 0 saturated carbocycles. The number of rotatable bonds is 8. The molecule has 0 bridgehead atoms. The predicted molar refractivity (Wildman–Crippen MR) is 122 cm³/mol. The number of nitro groups is 1. The quantitative estimate of drug-likeness (QED) is 0.257. The van der Waals surface area contributed by atoms with Crippen LogP contribution in [-0.2, 0) is 13.2 Å². The first kappa shape index (κ1) is 22.4. The Bertz CT molecular complexity index is 1300. The van der Waals surface area contributed by atoms with E-state index in [4.69, 9.17) is 32.4 Å². The van der Waals surface area contributed by atoms with E-state index >= 15 is 0 Å². The maximum Gasteiger partial charge on any atom is 0.292 e. The molecule has 9 nitrogen and oxygen atoms in total. The zero-order chi connectivity index (χ0) is 23.4. The van der Waals surface area contributed by atoms with Gasteiger partial charge in [0.2, 0.25) is 0 Å². The van der Waals surface area contributed by atoms with Gasteiger partial charge in [0.15, 0.2) is 11.6 Å². The van der Waals surface area contributed by atoms with Crippen molar-refractivity contribution < 1.29 is 18.9 Å². The summed E-state index contributed by atoms with van der Waals surface area (Å²) in [5.74, 6) is 0.430. The second-order valence-corrected chi connectivity index (χ2v) is 7.75. The van der Waals surface area contributed by atoms with E-state index in [0.29, 0.717) is 23.1 Å². The Hall–Kier alpha value is -3.82. The Balaban J connectivity index is 1.35. The molecule has 1 N–H and O–H groups in total. The molecule has 168 valence electrons. The number of furan rings is 1. The number of non-ortho nitro benzene ring substituents is 1. The van der Waals surface area contributed by atoms with E-state index in [1.807, 2.05) is 12.1 Å². The summed E-state index contributed by atoms with van der Waals surface area (Å²) >= 11 is 11.9. The summed E-state index contributed by atoms with van der Waals surface area (Å²) in [7, 11) is 0. The number of anilines is 1. The number of carbonyl (C=O) groups excluding carboxylic acids is 1. The summed E-state index contributed by atoms with van der Waals surface area (Å²) in [5.41, 5.74) is 0.865. The fraction of sp³-hybridized carbons (Fsp3) is 0.0909. The van der Waals surface area contributed by atoms with Gasteiger partial charge in [0.05, 0.1) is 22.6 Å².